The molecule has 5 amide bonds. The van der Waals surface area contributed by atoms with Gasteiger partial charge in [-0.15, -0.1) is 0 Å². The lowest BCUT2D eigenvalue weighted by atomic mass is 9.43. The lowest BCUT2D eigenvalue weighted by Gasteiger charge is -2.64. The number of carbonyl (C=O) groups is 5. The van der Waals surface area contributed by atoms with Crippen LogP contribution < -0.4 is 38.1 Å². The van der Waals surface area contributed by atoms with Gasteiger partial charge in [0.15, 0.2) is 0 Å². The third-order valence-corrected chi connectivity index (χ3v) is 14.0. The zero-order valence-corrected chi connectivity index (χ0v) is 37.8. The van der Waals surface area contributed by atoms with Gasteiger partial charge in [-0.2, -0.15) is 0 Å². The van der Waals surface area contributed by atoms with Crippen molar-refractivity contribution in [1.29, 1.82) is 0 Å². The van der Waals surface area contributed by atoms with Crippen LogP contribution in [0.4, 0.5) is 0 Å². The van der Waals surface area contributed by atoms with Crippen LogP contribution >= 0.6 is 0 Å². The summed E-state index contributed by atoms with van der Waals surface area (Å²) < 4.78 is 18.6. The summed E-state index contributed by atoms with van der Waals surface area (Å²) in [6.07, 6.45) is 8.89. The third kappa shape index (κ3) is 11.7. The second-order valence-electron chi connectivity index (χ2n) is 18.8. The van der Waals surface area contributed by atoms with Crippen molar-refractivity contribution < 1.29 is 38.0 Å². The average Bonchev–Trinajstić information content (AvgIpc) is 3.64. The SMILES string of the molecule is CCCCc1ccc(-c2ccc(C(=O)N[C@@H](CCCCN)C(=O)N[C@H]3COCCCCC[C@@H](C(=O)N[C@@H](N)B4OC5C[C@@H]6C[C@@H](C6(C)C)[C@]5(C)O4)NC(=O)[C@H](C)NC3=O)cc2)cc1. The van der Waals surface area contributed by atoms with Gasteiger partial charge in [0.05, 0.1) is 18.3 Å². The second kappa shape index (κ2) is 21.6. The fourth-order valence-electron chi connectivity index (χ4n) is 9.78. The standard InChI is InChI=1S/C47H70BN7O8/c1-6-7-13-30-16-18-31(19-17-30)32-20-22-33(23-21-32)41(57)53-35(15-10-11-24-49)42(58)54-37-28-61-25-12-8-9-14-36(52-40(56)29(2)51-44(37)60)43(59)55-45(50)48-62-39-27-34-26-38(46(34,3)4)47(39,5)63-48/h16-23,29,34-39,45H,6-15,24-28,49-50H2,1-5H3,(H,51,60)(H,52,56)(H,53,57)(H,54,58)(H,55,59)/t29-,34-,35-,36-,37-,38-,39?,45+,47-/m0/s1. The van der Waals surface area contributed by atoms with Crippen molar-refractivity contribution in [3.63, 3.8) is 0 Å². The Hall–Kier alpha value is -4.35. The molecule has 2 aliphatic heterocycles. The maximum Gasteiger partial charge on any atom is 0.497 e. The molecule has 0 aromatic heterocycles. The minimum atomic E-state index is -1.18. The number of amides is 5. The van der Waals surface area contributed by atoms with Crippen LogP contribution in [0.25, 0.3) is 11.1 Å². The van der Waals surface area contributed by atoms with Crippen LogP contribution in [-0.2, 0) is 39.6 Å². The molecule has 0 spiro atoms. The third-order valence-electron chi connectivity index (χ3n) is 14.0. The second-order valence-corrected chi connectivity index (χ2v) is 18.8. The molecule has 3 saturated carbocycles. The predicted octanol–water partition coefficient (Wildman–Crippen LogP) is 3.66. The molecule has 63 heavy (non-hydrogen) atoms. The molecule has 2 aromatic carbocycles. The highest BCUT2D eigenvalue weighted by atomic mass is 16.7. The summed E-state index contributed by atoms with van der Waals surface area (Å²) in [5, 5.41) is 13.9. The Morgan fingerprint density at radius 2 is 1.62 bits per heavy atom. The van der Waals surface area contributed by atoms with Crippen LogP contribution in [0.15, 0.2) is 48.5 Å². The first-order valence-corrected chi connectivity index (χ1v) is 23.2. The Morgan fingerprint density at radius 3 is 2.30 bits per heavy atom. The zero-order chi connectivity index (χ0) is 45.3. The summed E-state index contributed by atoms with van der Waals surface area (Å²) in [5.74, 6) is -1.84. The molecule has 2 bridgehead atoms. The van der Waals surface area contributed by atoms with E-state index in [9.17, 15) is 24.0 Å². The Balaban J connectivity index is 1.05. The number of rotatable bonds is 15. The number of aryl methyl sites for hydroxylation is 1. The fourth-order valence-corrected chi connectivity index (χ4v) is 9.78. The molecule has 5 fully saturated rings. The lowest BCUT2D eigenvalue weighted by Crippen LogP contribution is -2.65. The van der Waals surface area contributed by atoms with Crippen LogP contribution in [0.3, 0.4) is 0 Å². The van der Waals surface area contributed by atoms with Gasteiger partial charge in [0, 0.05) is 12.2 Å². The van der Waals surface area contributed by atoms with E-state index < -0.39 is 72.5 Å². The van der Waals surface area contributed by atoms with E-state index in [1.165, 1.54) is 12.5 Å². The highest BCUT2D eigenvalue weighted by molar-refractivity contribution is 6.47. The molecule has 7 rings (SSSR count). The van der Waals surface area contributed by atoms with Crippen LogP contribution in [-0.4, -0.2) is 98.4 Å². The summed E-state index contributed by atoms with van der Waals surface area (Å²) in [6.45, 7) is 10.9. The van der Waals surface area contributed by atoms with Crippen LogP contribution in [0.2, 0.25) is 0 Å². The number of nitrogens with one attached hydrogen (secondary N) is 5. The molecule has 1 unspecified atom stereocenters. The van der Waals surface area contributed by atoms with Gasteiger partial charge in [0.25, 0.3) is 5.91 Å². The fraction of sp³-hybridized carbons (Fsp3) is 0.638. The highest BCUT2D eigenvalue weighted by Crippen LogP contribution is 2.65. The number of hydrogen-bond donors (Lipinski definition) is 7. The topological polar surface area (TPSA) is 225 Å². The van der Waals surface area contributed by atoms with Crippen LogP contribution in [0.1, 0.15) is 121 Å². The normalized spacial score (nSPS) is 28.2. The molecule has 3 aliphatic carbocycles. The van der Waals surface area contributed by atoms with Crippen molar-refractivity contribution in [3.05, 3.63) is 59.7 Å². The molecule has 344 valence electrons. The molecule has 9 atom stereocenters. The summed E-state index contributed by atoms with van der Waals surface area (Å²) in [7, 11) is -0.834. The summed E-state index contributed by atoms with van der Waals surface area (Å²) >= 11 is 0. The van der Waals surface area contributed by atoms with E-state index >= 15 is 0 Å². The van der Waals surface area contributed by atoms with Crippen LogP contribution in [0, 0.1) is 17.3 Å². The van der Waals surface area contributed by atoms with E-state index in [0.717, 1.165) is 43.2 Å². The van der Waals surface area contributed by atoms with E-state index in [0.29, 0.717) is 69.1 Å². The summed E-state index contributed by atoms with van der Waals surface area (Å²) in [5.41, 5.74) is 15.6. The van der Waals surface area contributed by atoms with Crippen LogP contribution in [0.5, 0.6) is 0 Å². The summed E-state index contributed by atoms with van der Waals surface area (Å²) in [6, 6.07) is 10.5. The maximum absolute atomic E-state index is 13.9. The molecule has 5 aliphatic rings. The molecular weight excluding hydrogens is 801 g/mol. The van der Waals surface area contributed by atoms with Crippen molar-refractivity contribution in [2.24, 2.45) is 28.7 Å². The van der Waals surface area contributed by atoms with Gasteiger partial charge >= 0.3 is 7.12 Å². The number of nitrogens with two attached hydrogens (primary N) is 2. The zero-order valence-electron chi connectivity index (χ0n) is 37.8. The van der Waals surface area contributed by atoms with Gasteiger partial charge in [-0.25, -0.2) is 0 Å². The van der Waals surface area contributed by atoms with E-state index in [-0.39, 0.29) is 24.5 Å². The first-order valence-electron chi connectivity index (χ1n) is 23.2. The highest BCUT2D eigenvalue weighted by Gasteiger charge is 2.68. The van der Waals surface area contributed by atoms with Gasteiger partial charge in [0.1, 0.15) is 30.2 Å². The van der Waals surface area contributed by atoms with Crippen molar-refractivity contribution >= 4 is 36.7 Å². The number of carbonyl (C=O) groups excluding carboxylic acids is 5. The molecule has 15 nitrogen and oxygen atoms in total. The minimum absolute atomic E-state index is 0.107. The number of ether oxygens (including phenoxy) is 1. The molecule has 9 N–H and O–H groups in total. The van der Waals surface area contributed by atoms with E-state index in [1.807, 2.05) is 12.1 Å². The van der Waals surface area contributed by atoms with Crippen molar-refractivity contribution in [3.8, 4) is 11.1 Å². The summed E-state index contributed by atoms with van der Waals surface area (Å²) in [4.78, 5) is 68.3. The van der Waals surface area contributed by atoms with Crippen molar-refractivity contribution in [2.45, 2.75) is 154 Å². The van der Waals surface area contributed by atoms with E-state index in [4.69, 9.17) is 25.5 Å². The Morgan fingerprint density at radius 1 is 0.905 bits per heavy atom. The quantitative estimate of drug-likeness (QED) is 0.0782. The van der Waals surface area contributed by atoms with E-state index in [2.05, 4.69) is 78.5 Å². The minimum Gasteiger partial charge on any atom is -0.403 e. The first-order chi connectivity index (χ1) is 30.1. The van der Waals surface area contributed by atoms with Gasteiger partial charge < -0.3 is 52.1 Å². The van der Waals surface area contributed by atoms with E-state index in [1.54, 1.807) is 12.1 Å². The molecule has 2 saturated heterocycles. The molecular formula is C47H70BN7O8. The maximum atomic E-state index is 13.9. The van der Waals surface area contributed by atoms with Gasteiger partial charge in [-0.05, 0) is 124 Å². The number of unbranched alkanes of at least 4 members (excludes halogenated alkanes) is 2. The predicted molar refractivity (Wildman–Crippen MR) is 242 cm³/mol. The molecule has 2 aromatic rings. The first kappa shape index (κ1) is 48.1. The van der Waals surface area contributed by atoms with Gasteiger partial charge in [0.2, 0.25) is 23.6 Å². The molecule has 16 heteroatoms. The largest absolute Gasteiger partial charge is 0.497 e. The number of hydrogen-bond acceptors (Lipinski definition) is 10. The van der Waals surface area contributed by atoms with Crippen molar-refractivity contribution in [2.75, 3.05) is 19.8 Å². The Bertz CT molecular complexity index is 1900. The van der Waals surface area contributed by atoms with Crippen molar-refractivity contribution in [1.82, 2.24) is 26.6 Å². The average molecular weight is 872 g/mol. The molecule has 2 heterocycles. The smallest absolute Gasteiger partial charge is 0.403 e. The molecule has 0 radical (unpaired) electrons. The monoisotopic (exact) mass is 872 g/mol. The number of benzene rings is 2. The van der Waals surface area contributed by atoms with Gasteiger partial charge in [-0.1, -0.05) is 76.4 Å². The Labute approximate surface area is 373 Å². The van der Waals surface area contributed by atoms with Gasteiger partial charge in [-0.3, -0.25) is 24.0 Å². The lowest BCUT2D eigenvalue weighted by molar-refractivity contribution is -0.199. The Kier molecular flexibility index (Phi) is 16.5.